The van der Waals surface area contributed by atoms with Crippen molar-refractivity contribution in [1.82, 2.24) is 0 Å². The lowest BCUT2D eigenvalue weighted by molar-refractivity contribution is -0.135. The zero-order valence-corrected chi connectivity index (χ0v) is 11.6. The molecular formula is C13H17ClN2O3. The number of benzene rings is 1. The Kier molecular flexibility index (Phi) is 5.18. The van der Waals surface area contributed by atoms with E-state index in [2.05, 4.69) is 0 Å². The van der Waals surface area contributed by atoms with Crippen molar-refractivity contribution < 1.29 is 14.7 Å². The molecule has 0 aliphatic heterocycles. The van der Waals surface area contributed by atoms with Gasteiger partial charge in [-0.3, -0.25) is 9.59 Å². The van der Waals surface area contributed by atoms with E-state index in [-0.39, 0.29) is 18.2 Å². The van der Waals surface area contributed by atoms with Crippen LogP contribution in [0.25, 0.3) is 0 Å². The Balaban J connectivity index is 3.28. The molecule has 0 radical (unpaired) electrons. The highest BCUT2D eigenvalue weighted by atomic mass is 35.5. The van der Waals surface area contributed by atoms with Crippen LogP contribution in [-0.2, 0) is 4.79 Å². The number of carbonyl (C=O) groups excluding carboxylic acids is 1. The minimum atomic E-state index is -0.967. The Morgan fingerprint density at radius 2 is 2.11 bits per heavy atom. The number of carbonyl (C=O) groups is 2. The molecule has 6 heteroatoms. The molecule has 1 aromatic carbocycles. The summed E-state index contributed by atoms with van der Waals surface area (Å²) in [6.07, 6.45) is 0.744. The average Bonchev–Trinajstić information content (AvgIpc) is 2.35. The summed E-state index contributed by atoms with van der Waals surface area (Å²) in [6, 6.07) is 4.66. The monoisotopic (exact) mass is 284 g/mol. The first kappa shape index (κ1) is 15.3. The zero-order valence-electron chi connectivity index (χ0n) is 10.9. The van der Waals surface area contributed by atoms with Crippen LogP contribution < -0.4 is 10.6 Å². The second kappa shape index (κ2) is 6.43. The summed E-state index contributed by atoms with van der Waals surface area (Å²) < 4.78 is 0. The number of anilines is 1. The first-order valence-electron chi connectivity index (χ1n) is 5.94. The molecule has 3 N–H and O–H groups in total. The molecule has 0 saturated carbocycles. The van der Waals surface area contributed by atoms with Crippen molar-refractivity contribution in [2.45, 2.75) is 26.3 Å². The summed E-state index contributed by atoms with van der Waals surface area (Å²) in [5.41, 5.74) is 6.05. The summed E-state index contributed by atoms with van der Waals surface area (Å²) in [4.78, 5) is 24.1. The quantitative estimate of drug-likeness (QED) is 0.838. The normalized spacial score (nSPS) is 11.9. The Hall–Kier alpha value is -1.75. The molecule has 19 heavy (non-hydrogen) atoms. The van der Waals surface area contributed by atoms with Crippen molar-refractivity contribution in [3.8, 4) is 0 Å². The number of carboxylic acid groups (broad SMARTS) is 1. The molecule has 0 fully saturated rings. The summed E-state index contributed by atoms with van der Waals surface area (Å²) >= 11 is 5.84. The number of nitrogens with two attached hydrogens (primary N) is 1. The minimum Gasteiger partial charge on any atom is -0.480 e. The molecule has 0 aliphatic rings. The van der Waals surface area contributed by atoms with E-state index < -0.39 is 11.9 Å². The number of carboxylic acids is 1. The summed E-state index contributed by atoms with van der Waals surface area (Å²) in [5, 5.41) is 9.38. The van der Waals surface area contributed by atoms with Crippen LogP contribution in [0.4, 0.5) is 5.69 Å². The molecule has 0 bridgehead atoms. The third kappa shape index (κ3) is 3.86. The van der Waals surface area contributed by atoms with Crippen molar-refractivity contribution in [2.24, 2.45) is 5.73 Å². The van der Waals surface area contributed by atoms with Crippen LogP contribution in [0, 0.1) is 0 Å². The first-order valence-corrected chi connectivity index (χ1v) is 6.32. The van der Waals surface area contributed by atoms with Gasteiger partial charge < -0.3 is 15.7 Å². The third-order valence-electron chi connectivity index (χ3n) is 2.96. The van der Waals surface area contributed by atoms with Crippen molar-refractivity contribution in [3.05, 3.63) is 28.8 Å². The molecule has 0 heterocycles. The first-order chi connectivity index (χ1) is 8.86. The molecule has 0 aromatic heterocycles. The van der Waals surface area contributed by atoms with Crippen molar-refractivity contribution in [2.75, 3.05) is 11.4 Å². The van der Waals surface area contributed by atoms with Crippen LogP contribution in [0.15, 0.2) is 18.2 Å². The summed E-state index contributed by atoms with van der Waals surface area (Å²) in [7, 11) is 0. The number of hydrogen-bond acceptors (Lipinski definition) is 3. The molecule has 1 amide bonds. The predicted octanol–water partition coefficient (Wildman–Crippen LogP) is 2.13. The van der Waals surface area contributed by atoms with Crippen LogP contribution in [0.5, 0.6) is 0 Å². The van der Waals surface area contributed by atoms with Gasteiger partial charge in [-0.05, 0) is 31.5 Å². The van der Waals surface area contributed by atoms with E-state index >= 15 is 0 Å². The zero-order chi connectivity index (χ0) is 14.6. The van der Waals surface area contributed by atoms with Gasteiger partial charge in [0.25, 0.3) is 5.91 Å². The van der Waals surface area contributed by atoms with E-state index in [9.17, 15) is 9.59 Å². The number of nitrogens with zero attached hydrogens (tertiary/aromatic N) is 1. The van der Waals surface area contributed by atoms with Crippen LogP contribution in [0.3, 0.4) is 0 Å². The Morgan fingerprint density at radius 1 is 1.47 bits per heavy atom. The highest BCUT2D eigenvalue weighted by Gasteiger charge is 2.21. The lowest BCUT2D eigenvalue weighted by Crippen LogP contribution is -2.38. The van der Waals surface area contributed by atoms with Gasteiger partial charge in [-0.1, -0.05) is 18.5 Å². The lowest BCUT2D eigenvalue weighted by Gasteiger charge is -2.30. The predicted molar refractivity (Wildman–Crippen MR) is 74.7 cm³/mol. The number of primary amides is 1. The van der Waals surface area contributed by atoms with E-state index in [0.717, 1.165) is 6.42 Å². The topological polar surface area (TPSA) is 83.6 Å². The van der Waals surface area contributed by atoms with Crippen LogP contribution >= 0.6 is 11.6 Å². The van der Waals surface area contributed by atoms with Crippen molar-refractivity contribution >= 4 is 29.2 Å². The fraction of sp³-hybridized carbons (Fsp3) is 0.385. The lowest BCUT2D eigenvalue weighted by atomic mass is 10.1. The Morgan fingerprint density at radius 3 is 2.58 bits per heavy atom. The maximum Gasteiger partial charge on any atom is 0.323 e. The largest absolute Gasteiger partial charge is 0.480 e. The molecule has 1 unspecified atom stereocenters. The third-order valence-corrected chi connectivity index (χ3v) is 3.20. The van der Waals surface area contributed by atoms with Gasteiger partial charge in [0.1, 0.15) is 6.54 Å². The maximum absolute atomic E-state index is 11.5. The van der Waals surface area contributed by atoms with Gasteiger partial charge in [0, 0.05) is 11.1 Å². The number of hydrogen-bond donors (Lipinski definition) is 2. The molecule has 1 rings (SSSR count). The standard InChI is InChI=1S/C13H17ClN2O3/c1-3-8(2)16(7-12(17)18)11-5-4-9(14)6-10(11)13(15)19/h4-6,8H,3,7H2,1-2H3,(H2,15,19)(H,17,18). The maximum atomic E-state index is 11.5. The van der Waals surface area contributed by atoms with Gasteiger partial charge in [-0.15, -0.1) is 0 Å². The van der Waals surface area contributed by atoms with E-state index in [4.69, 9.17) is 22.4 Å². The molecular weight excluding hydrogens is 268 g/mol. The fourth-order valence-electron chi connectivity index (χ4n) is 1.80. The second-order valence-electron chi connectivity index (χ2n) is 4.30. The Bertz CT molecular complexity index is 491. The number of halogens is 1. The van der Waals surface area contributed by atoms with E-state index in [1.165, 1.54) is 6.07 Å². The number of amides is 1. The highest BCUT2D eigenvalue weighted by molar-refractivity contribution is 6.31. The van der Waals surface area contributed by atoms with Gasteiger partial charge in [0.15, 0.2) is 0 Å². The molecule has 1 atom stereocenters. The average molecular weight is 285 g/mol. The van der Waals surface area contributed by atoms with Gasteiger partial charge in [0.2, 0.25) is 0 Å². The van der Waals surface area contributed by atoms with Crippen LogP contribution in [-0.4, -0.2) is 29.6 Å². The summed E-state index contributed by atoms with van der Waals surface area (Å²) in [5.74, 6) is -1.60. The molecule has 0 spiro atoms. The van der Waals surface area contributed by atoms with Gasteiger partial charge >= 0.3 is 5.97 Å². The van der Waals surface area contributed by atoms with Gasteiger partial charge in [-0.25, -0.2) is 0 Å². The molecule has 104 valence electrons. The van der Waals surface area contributed by atoms with Crippen molar-refractivity contribution in [1.29, 1.82) is 0 Å². The van der Waals surface area contributed by atoms with Gasteiger partial charge in [0.05, 0.1) is 11.3 Å². The number of aliphatic carboxylic acids is 1. The minimum absolute atomic E-state index is 0.0321. The van der Waals surface area contributed by atoms with E-state index in [1.54, 1.807) is 17.0 Å². The highest BCUT2D eigenvalue weighted by Crippen LogP contribution is 2.26. The molecule has 5 nitrogen and oxygen atoms in total. The SMILES string of the molecule is CCC(C)N(CC(=O)O)c1ccc(Cl)cc1C(N)=O. The molecule has 0 saturated heterocycles. The smallest absolute Gasteiger partial charge is 0.323 e. The molecule has 0 aliphatic carbocycles. The molecule has 1 aromatic rings. The van der Waals surface area contributed by atoms with E-state index in [1.807, 2.05) is 13.8 Å². The van der Waals surface area contributed by atoms with Crippen LogP contribution in [0.2, 0.25) is 5.02 Å². The van der Waals surface area contributed by atoms with Crippen LogP contribution in [0.1, 0.15) is 30.6 Å². The van der Waals surface area contributed by atoms with Gasteiger partial charge in [-0.2, -0.15) is 0 Å². The second-order valence-corrected chi connectivity index (χ2v) is 4.74. The van der Waals surface area contributed by atoms with E-state index in [0.29, 0.717) is 10.7 Å². The fourth-order valence-corrected chi connectivity index (χ4v) is 1.97. The van der Waals surface area contributed by atoms with Crippen molar-refractivity contribution in [3.63, 3.8) is 0 Å². The number of rotatable bonds is 6. The Labute approximate surface area is 117 Å². The summed E-state index contributed by atoms with van der Waals surface area (Å²) in [6.45, 7) is 3.64.